The predicted molar refractivity (Wildman–Crippen MR) is 89.8 cm³/mol. The summed E-state index contributed by atoms with van der Waals surface area (Å²) in [4.78, 5) is 12.3. The van der Waals surface area contributed by atoms with Crippen LogP contribution in [0.1, 0.15) is 0 Å². The van der Waals surface area contributed by atoms with Crippen molar-refractivity contribution in [3.05, 3.63) is 51.4 Å². The molecule has 2 aromatic rings. The SMILES string of the molecule is O=C(Nc1cc(Br)ccc1Br)C1CNc2ccccc2O1. The Balaban J connectivity index is 1.74. The topological polar surface area (TPSA) is 50.4 Å². The lowest BCUT2D eigenvalue weighted by molar-refractivity contribution is -0.122. The van der Waals surface area contributed by atoms with Crippen molar-refractivity contribution in [1.82, 2.24) is 0 Å². The molecular weight excluding hydrogens is 400 g/mol. The molecule has 1 amide bonds. The van der Waals surface area contributed by atoms with Crippen LogP contribution >= 0.6 is 31.9 Å². The normalized spacial score (nSPS) is 16.4. The molecule has 0 fully saturated rings. The second kappa shape index (κ2) is 6.07. The van der Waals surface area contributed by atoms with E-state index in [2.05, 4.69) is 42.5 Å². The number of halogens is 2. The molecule has 0 saturated carbocycles. The Labute approximate surface area is 139 Å². The van der Waals surface area contributed by atoms with E-state index in [1.165, 1.54) is 0 Å². The molecule has 6 heteroatoms. The first-order chi connectivity index (χ1) is 10.1. The van der Waals surface area contributed by atoms with Crippen LogP contribution in [0.3, 0.4) is 0 Å². The van der Waals surface area contributed by atoms with E-state index in [0.29, 0.717) is 18.0 Å². The fourth-order valence-electron chi connectivity index (χ4n) is 2.07. The minimum atomic E-state index is -0.564. The quantitative estimate of drug-likeness (QED) is 0.784. The second-order valence-electron chi connectivity index (χ2n) is 4.60. The average molecular weight is 412 g/mol. The summed E-state index contributed by atoms with van der Waals surface area (Å²) >= 11 is 6.80. The maximum absolute atomic E-state index is 12.3. The van der Waals surface area contributed by atoms with Gasteiger partial charge in [0.15, 0.2) is 6.10 Å². The van der Waals surface area contributed by atoms with Gasteiger partial charge in [-0.2, -0.15) is 0 Å². The molecule has 1 aliphatic heterocycles. The molecule has 1 atom stereocenters. The molecule has 108 valence electrons. The standard InChI is InChI=1S/C15H12Br2N2O2/c16-9-5-6-10(17)12(7-9)19-15(20)14-8-18-11-3-1-2-4-13(11)21-14/h1-7,14,18H,8H2,(H,19,20). The first-order valence-corrected chi connectivity index (χ1v) is 7.97. The molecule has 0 bridgehead atoms. The van der Waals surface area contributed by atoms with E-state index >= 15 is 0 Å². The van der Waals surface area contributed by atoms with Gasteiger partial charge in [-0.25, -0.2) is 0 Å². The fourth-order valence-corrected chi connectivity index (χ4v) is 2.77. The molecule has 0 saturated heterocycles. The predicted octanol–water partition coefficient (Wildman–Crippen LogP) is 4.02. The van der Waals surface area contributed by atoms with Gasteiger partial charge in [0.1, 0.15) is 5.75 Å². The van der Waals surface area contributed by atoms with E-state index in [4.69, 9.17) is 4.74 Å². The average Bonchev–Trinajstić information content (AvgIpc) is 2.50. The number of amides is 1. The molecule has 0 spiro atoms. The fraction of sp³-hybridized carbons (Fsp3) is 0.133. The molecule has 0 radical (unpaired) electrons. The zero-order chi connectivity index (χ0) is 14.8. The number of anilines is 2. The second-order valence-corrected chi connectivity index (χ2v) is 6.37. The van der Waals surface area contributed by atoms with Gasteiger partial charge in [0.2, 0.25) is 0 Å². The number of nitrogens with one attached hydrogen (secondary N) is 2. The molecular formula is C15H12Br2N2O2. The van der Waals surface area contributed by atoms with Crippen LogP contribution in [0.5, 0.6) is 5.75 Å². The van der Waals surface area contributed by atoms with Crippen LogP contribution in [-0.2, 0) is 4.79 Å². The van der Waals surface area contributed by atoms with E-state index in [-0.39, 0.29) is 5.91 Å². The summed E-state index contributed by atoms with van der Waals surface area (Å²) in [5.74, 6) is 0.507. The molecule has 0 aromatic heterocycles. The Morgan fingerprint density at radius 1 is 1.24 bits per heavy atom. The van der Waals surface area contributed by atoms with Crippen molar-refractivity contribution in [3.63, 3.8) is 0 Å². The number of carbonyl (C=O) groups excluding carboxylic acids is 1. The first kappa shape index (κ1) is 14.4. The summed E-state index contributed by atoms with van der Waals surface area (Å²) in [6.45, 7) is 0.439. The van der Waals surface area contributed by atoms with Gasteiger partial charge >= 0.3 is 0 Å². The Morgan fingerprint density at radius 2 is 2.05 bits per heavy atom. The van der Waals surface area contributed by atoms with Crippen LogP contribution in [0.15, 0.2) is 51.4 Å². The zero-order valence-electron chi connectivity index (χ0n) is 10.9. The number of para-hydroxylation sites is 2. The van der Waals surface area contributed by atoms with Crippen LogP contribution in [0, 0.1) is 0 Å². The van der Waals surface area contributed by atoms with E-state index in [0.717, 1.165) is 14.6 Å². The van der Waals surface area contributed by atoms with Gasteiger partial charge in [-0.05, 0) is 46.3 Å². The number of carbonyl (C=O) groups is 1. The number of hydrogen-bond donors (Lipinski definition) is 2. The van der Waals surface area contributed by atoms with E-state index in [1.807, 2.05) is 42.5 Å². The molecule has 0 aliphatic carbocycles. The van der Waals surface area contributed by atoms with E-state index in [9.17, 15) is 4.79 Å². The first-order valence-electron chi connectivity index (χ1n) is 6.39. The highest BCUT2D eigenvalue weighted by Crippen LogP contribution is 2.30. The maximum atomic E-state index is 12.3. The van der Waals surface area contributed by atoms with Crippen molar-refractivity contribution >= 4 is 49.1 Å². The van der Waals surface area contributed by atoms with Crippen LogP contribution in [0.4, 0.5) is 11.4 Å². The zero-order valence-corrected chi connectivity index (χ0v) is 14.1. The minimum absolute atomic E-state index is 0.184. The molecule has 4 nitrogen and oxygen atoms in total. The number of ether oxygens (including phenoxy) is 1. The lowest BCUT2D eigenvalue weighted by atomic mass is 10.2. The summed E-state index contributed by atoms with van der Waals surface area (Å²) in [6, 6.07) is 13.2. The molecule has 21 heavy (non-hydrogen) atoms. The van der Waals surface area contributed by atoms with Gasteiger partial charge < -0.3 is 15.4 Å². The van der Waals surface area contributed by atoms with Gasteiger partial charge in [0.05, 0.1) is 17.9 Å². The summed E-state index contributed by atoms with van der Waals surface area (Å²) in [6.07, 6.45) is -0.564. The summed E-state index contributed by atoms with van der Waals surface area (Å²) in [5.41, 5.74) is 1.61. The van der Waals surface area contributed by atoms with Crippen molar-refractivity contribution in [2.45, 2.75) is 6.10 Å². The van der Waals surface area contributed by atoms with E-state index in [1.54, 1.807) is 0 Å². The third kappa shape index (κ3) is 3.22. The molecule has 2 N–H and O–H groups in total. The highest BCUT2D eigenvalue weighted by atomic mass is 79.9. The number of hydrogen-bond acceptors (Lipinski definition) is 3. The van der Waals surface area contributed by atoms with Gasteiger partial charge in [0, 0.05) is 8.95 Å². The lowest BCUT2D eigenvalue weighted by Crippen LogP contribution is -2.41. The Kier molecular flexibility index (Phi) is 4.17. The molecule has 1 unspecified atom stereocenters. The lowest BCUT2D eigenvalue weighted by Gasteiger charge is -2.26. The van der Waals surface area contributed by atoms with Crippen molar-refractivity contribution in [2.75, 3.05) is 17.2 Å². The van der Waals surface area contributed by atoms with Gasteiger partial charge in [-0.3, -0.25) is 4.79 Å². The minimum Gasteiger partial charge on any atom is -0.477 e. The van der Waals surface area contributed by atoms with Gasteiger partial charge in [0.25, 0.3) is 5.91 Å². The molecule has 1 heterocycles. The number of rotatable bonds is 2. The van der Waals surface area contributed by atoms with Gasteiger partial charge in [-0.15, -0.1) is 0 Å². The Bertz CT molecular complexity index is 691. The monoisotopic (exact) mass is 410 g/mol. The van der Waals surface area contributed by atoms with Crippen LogP contribution in [-0.4, -0.2) is 18.6 Å². The number of benzene rings is 2. The maximum Gasteiger partial charge on any atom is 0.267 e. The summed E-state index contributed by atoms with van der Waals surface area (Å²) < 4.78 is 7.45. The molecule has 3 rings (SSSR count). The van der Waals surface area contributed by atoms with Crippen molar-refractivity contribution in [2.24, 2.45) is 0 Å². The van der Waals surface area contributed by atoms with Crippen molar-refractivity contribution < 1.29 is 9.53 Å². The summed E-state index contributed by atoms with van der Waals surface area (Å²) in [7, 11) is 0. The smallest absolute Gasteiger partial charge is 0.267 e. The van der Waals surface area contributed by atoms with Crippen molar-refractivity contribution in [3.8, 4) is 5.75 Å². The van der Waals surface area contributed by atoms with Gasteiger partial charge in [-0.1, -0.05) is 28.1 Å². The highest BCUT2D eigenvalue weighted by molar-refractivity contribution is 9.11. The number of fused-ring (bicyclic) bond motifs is 1. The van der Waals surface area contributed by atoms with Crippen molar-refractivity contribution in [1.29, 1.82) is 0 Å². The third-order valence-corrected chi connectivity index (χ3v) is 4.30. The largest absolute Gasteiger partial charge is 0.477 e. The van der Waals surface area contributed by atoms with Crippen LogP contribution in [0.2, 0.25) is 0 Å². The summed E-state index contributed by atoms with van der Waals surface area (Å²) in [5, 5.41) is 6.07. The Morgan fingerprint density at radius 3 is 2.90 bits per heavy atom. The van der Waals surface area contributed by atoms with E-state index < -0.39 is 6.10 Å². The highest BCUT2D eigenvalue weighted by Gasteiger charge is 2.26. The molecule has 1 aliphatic rings. The van der Waals surface area contributed by atoms with Crippen LogP contribution in [0.25, 0.3) is 0 Å². The third-order valence-electron chi connectivity index (χ3n) is 3.11. The Hall–Kier alpha value is -1.53. The molecule has 2 aromatic carbocycles. The van der Waals surface area contributed by atoms with Crippen LogP contribution < -0.4 is 15.4 Å².